The molecule has 0 aliphatic rings. The topological polar surface area (TPSA) is 64.7 Å². The fraction of sp³-hybridized carbons (Fsp3) is 0. The molecular formula is C17H11FN4S. The molecule has 112 valence electrons. The van der Waals surface area contributed by atoms with Crippen molar-refractivity contribution in [2.75, 3.05) is 5.73 Å². The average Bonchev–Trinajstić information content (AvgIpc) is 2.97. The van der Waals surface area contributed by atoms with Gasteiger partial charge in [-0.25, -0.2) is 14.4 Å². The molecule has 0 atom stereocenters. The highest BCUT2D eigenvalue weighted by Gasteiger charge is 2.15. The minimum Gasteiger partial charge on any atom is -0.375 e. The second-order valence-corrected chi connectivity index (χ2v) is 6.01. The molecule has 23 heavy (non-hydrogen) atoms. The molecule has 0 bridgehead atoms. The van der Waals surface area contributed by atoms with Crippen LogP contribution in [0.25, 0.3) is 32.9 Å². The summed E-state index contributed by atoms with van der Waals surface area (Å²) in [5, 5.41) is 0.451. The summed E-state index contributed by atoms with van der Waals surface area (Å²) < 4.78 is 13.1. The van der Waals surface area contributed by atoms with Gasteiger partial charge in [0.25, 0.3) is 0 Å². The van der Waals surface area contributed by atoms with E-state index in [0.29, 0.717) is 10.8 Å². The Kier molecular flexibility index (Phi) is 3.24. The molecule has 0 aliphatic carbocycles. The van der Waals surface area contributed by atoms with Crippen LogP contribution in [0.2, 0.25) is 0 Å². The first kappa shape index (κ1) is 13.8. The number of rotatable bonds is 2. The second-order valence-electron chi connectivity index (χ2n) is 4.97. The van der Waals surface area contributed by atoms with Crippen LogP contribution in [-0.4, -0.2) is 15.0 Å². The van der Waals surface area contributed by atoms with E-state index < -0.39 is 0 Å². The van der Waals surface area contributed by atoms with Crippen LogP contribution in [0.4, 0.5) is 9.52 Å². The third kappa shape index (κ3) is 2.53. The number of nitrogen functional groups attached to an aromatic ring is 1. The van der Waals surface area contributed by atoms with E-state index in [0.717, 1.165) is 27.2 Å². The first-order valence-electron chi connectivity index (χ1n) is 6.95. The van der Waals surface area contributed by atoms with Crippen molar-refractivity contribution in [1.82, 2.24) is 15.0 Å². The summed E-state index contributed by atoms with van der Waals surface area (Å²) in [7, 11) is 0. The molecule has 6 heteroatoms. The molecule has 3 heterocycles. The number of thiazole rings is 1. The van der Waals surface area contributed by atoms with Gasteiger partial charge in [-0.1, -0.05) is 11.3 Å². The molecule has 0 radical (unpaired) electrons. The van der Waals surface area contributed by atoms with E-state index >= 15 is 0 Å². The van der Waals surface area contributed by atoms with Crippen molar-refractivity contribution in [3.63, 3.8) is 0 Å². The highest BCUT2D eigenvalue weighted by molar-refractivity contribution is 7.19. The number of anilines is 1. The number of fused-ring (bicyclic) bond motifs is 1. The van der Waals surface area contributed by atoms with Crippen molar-refractivity contribution >= 4 is 27.5 Å². The monoisotopic (exact) mass is 322 g/mol. The zero-order chi connectivity index (χ0) is 15.8. The zero-order valence-electron chi connectivity index (χ0n) is 11.9. The number of nitrogens with two attached hydrogens (primary N) is 1. The molecule has 0 amide bonds. The summed E-state index contributed by atoms with van der Waals surface area (Å²) >= 11 is 1.37. The highest BCUT2D eigenvalue weighted by Crippen LogP contribution is 2.37. The zero-order valence-corrected chi connectivity index (χ0v) is 12.7. The maximum Gasteiger partial charge on any atom is 0.181 e. The summed E-state index contributed by atoms with van der Waals surface area (Å²) in [6.07, 6.45) is 1.73. The normalized spacial score (nSPS) is 11.0. The van der Waals surface area contributed by atoms with Crippen molar-refractivity contribution in [2.24, 2.45) is 0 Å². The molecule has 0 fully saturated rings. The lowest BCUT2D eigenvalue weighted by Gasteiger charge is -2.03. The predicted molar refractivity (Wildman–Crippen MR) is 90.5 cm³/mol. The molecule has 0 unspecified atom stereocenters. The van der Waals surface area contributed by atoms with Gasteiger partial charge < -0.3 is 5.73 Å². The number of aromatic nitrogens is 3. The van der Waals surface area contributed by atoms with Crippen molar-refractivity contribution in [3.8, 4) is 21.8 Å². The van der Waals surface area contributed by atoms with E-state index in [2.05, 4.69) is 15.0 Å². The van der Waals surface area contributed by atoms with E-state index in [9.17, 15) is 4.39 Å². The maximum atomic E-state index is 13.1. The van der Waals surface area contributed by atoms with Crippen LogP contribution in [0, 0.1) is 5.82 Å². The van der Waals surface area contributed by atoms with E-state index in [-0.39, 0.29) is 5.82 Å². The minimum atomic E-state index is -0.284. The molecule has 3 aromatic heterocycles. The van der Waals surface area contributed by atoms with Gasteiger partial charge in [-0.3, -0.25) is 4.98 Å². The molecular weight excluding hydrogens is 311 g/mol. The van der Waals surface area contributed by atoms with Gasteiger partial charge in [-0.05, 0) is 48.5 Å². The van der Waals surface area contributed by atoms with Crippen molar-refractivity contribution < 1.29 is 4.39 Å². The SMILES string of the molecule is Nc1nc(-c2ccc(F)cc2)c(-c2ccc3ncccc3n2)s1. The molecule has 4 aromatic rings. The Balaban J connectivity index is 1.89. The van der Waals surface area contributed by atoms with Crippen molar-refractivity contribution in [3.05, 3.63) is 60.5 Å². The van der Waals surface area contributed by atoms with Crippen LogP contribution < -0.4 is 5.73 Å². The third-order valence-corrected chi connectivity index (χ3v) is 4.36. The molecule has 0 saturated carbocycles. The van der Waals surface area contributed by atoms with Crippen molar-refractivity contribution in [1.29, 1.82) is 0 Å². The van der Waals surface area contributed by atoms with Gasteiger partial charge in [0.15, 0.2) is 5.13 Å². The number of hydrogen-bond donors (Lipinski definition) is 1. The van der Waals surface area contributed by atoms with Crippen LogP contribution in [0.3, 0.4) is 0 Å². The highest BCUT2D eigenvalue weighted by atomic mass is 32.1. The lowest BCUT2D eigenvalue weighted by molar-refractivity contribution is 0.628. The number of nitrogens with zero attached hydrogens (tertiary/aromatic N) is 3. The fourth-order valence-corrected chi connectivity index (χ4v) is 3.22. The van der Waals surface area contributed by atoms with Crippen LogP contribution >= 0.6 is 11.3 Å². The van der Waals surface area contributed by atoms with Gasteiger partial charge in [-0.2, -0.15) is 0 Å². The predicted octanol–water partition coefficient (Wildman–Crippen LogP) is 4.14. The van der Waals surface area contributed by atoms with Gasteiger partial charge in [0.1, 0.15) is 5.82 Å². The van der Waals surface area contributed by atoms with E-state index in [1.165, 1.54) is 23.5 Å². The van der Waals surface area contributed by atoms with Gasteiger partial charge >= 0.3 is 0 Å². The Morgan fingerprint density at radius 3 is 2.57 bits per heavy atom. The first-order chi connectivity index (χ1) is 11.2. The summed E-state index contributed by atoms with van der Waals surface area (Å²) in [6, 6.07) is 13.8. The van der Waals surface area contributed by atoms with E-state index in [1.807, 2.05) is 24.3 Å². The van der Waals surface area contributed by atoms with Gasteiger partial charge in [0.05, 0.1) is 27.3 Å². The summed E-state index contributed by atoms with van der Waals surface area (Å²) in [5.74, 6) is -0.284. The standard InChI is InChI=1S/C17H11FN4S/c18-11-5-3-10(4-6-11)15-16(23-17(19)22-15)14-8-7-12-13(21-14)2-1-9-20-12/h1-9H,(H2,19,22). The largest absolute Gasteiger partial charge is 0.375 e. The number of hydrogen-bond acceptors (Lipinski definition) is 5. The number of benzene rings is 1. The van der Waals surface area contributed by atoms with Crippen molar-refractivity contribution in [2.45, 2.75) is 0 Å². The van der Waals surface area contributed by atoms with Gasteiger partial charge in [0.2, 0.25) is 0 Å². The Hall–Kier alpha value is -2.86. The van der Waals surface area contributed by atoms with Crippen LogP contribution in [-0.2, 0) is 0 Å². The Bertz CT molecular complexity index is 995. The molecule has 0 spiro atoms. The third-order valence-electron chi connectivity index (χ3n) is 3.45. The molecule has 0 aliphatic heterocycles. The van der Waals surface area contributed by atoms with Gasteiger partial charge in [0, 0.05) is 11.8 Å². The van der Waals surface area contributed by atoms with Crippen LogP contribution in [0.15, 0.2) is 54.7 Å². The minimum absolute atomic E-state index is 0.284. The van der Waals surface area contributed by atoms with Gasteiger partial charge in [-0.15, -0.1) is 0 Å². The summed E-state index contributed by atoms with van der Waals surface area (Å²) in [6.45, 7) is 0. The molecule has 2 N–H and O–H groups in total. The van der Waals surface area contributed by atoms with E-state index in [1.54, 1.807) is 18.3 Å². The number of halogens is 1. The lowest BCUT2D eigenvalue weighted by atomic mass is 10.1. The second kappa shape index (κ2) is 5.40. The Labute approximate surface area is 135 Å². The van der Waals surface area contributed by atoms with Crippen LogP contribution in [0.5, 0.6) is 0 Å². The summed E-state index contributed by atoms with van der Waals surface area (Å²) in [5.41, 5.74) is 9.82. The fourth-order valence-electron chi connectivity index (χ4n) is 2.40. The van der Waals surface area contributed by atoms with E-state index in [4.69, 9.17) is 5.73 Å². The first-order valence-corrected chi connectivity index (χ1v) is 7.77. The Morgan fingerprint density at radius 2 is 1.74 bits per heavy atom. The molecule has 1 aromatic carbocycles. The molecule has 0 saturated heterocycles. The molecule has 4 nitrogen and oxygen atoms in total. The number of pyridine rings is 2. The quantitative estimate of drug-likeness (QED) is 0.602. The lowest BCUT2D eigenvalue weighted by Crippen LogP contribution is -1.88. The smallest absolute Gasteiger partial charge is 0.181 e. The molecule has 4 rings (SSSR count). The van der Waals surface area contributed by atoms with Crippen LogP contribution in [0.1, 0.15) is 0 Å². The Morgan fingerprint density at radius 1 is 0.913 bits per heavy atom. The summed E-state index contributed by atoms with van der Waals surface area (Å²) in [4.78, 5) is 14.2. The maximum absolute atomic E-state index is 13.1. The average molecular weight is 322 g/mol.